The molecule has 248 valence electrons. The molecule has 0 saturated carbocycles. The Morgan fingerprint density at radius 3 is 2.04 bits per heavy atom. The summed E-state index contributed by atoms with van der Waals surface area (Å²) in [6, 6.07) is 26.3. The number of fused-ring (bicyclic) bond motifs is 6. The Hall–Kier alpha value is -4.12. The molecule has 2 N–H and O–H groups in total. The van der Waals surface area contributed by atoms with Crippen LogP contribution in [-0.2, 0) is 10.8 Å². The molecule has 0 spiro atoms. The highest BCUT2D eigenvalue weighted by molar-refractivity contribution is 5.95. The minimum Gasteiger partial charge on any atom is -0.395 e. The maximum absolute atomic E-state index is 10.3. The van der Waals surface area contributed by atoms with E-state index in [0.717, 1.165) is 25.7 Å². The van der Waals surface area contributed by atoms with Gasteiger partial charge in [-0.2, -0.15) is 0 Å². The number of anilines is 2. The smallest absolute Gasteiger partial charge is 0.0678 e. The van der Waals surface area contributed by atoms with Gasteiger partial charge < -0.3 is 20.0 Å². The van der Waals surface area contributed by atoms with Crippen molar-refractivity contribution in [2.24, 2.45) is 0 Å². The molecule has 0 amide bonds. The first-order valence-electron chi connectivity index (χ1n) is 17.8. The molecule has 2 heterocycles. The Morgan fingerprint density at radius 2 is 1.38 bits per heavy atom. The molecule has 0 bridgehead atoms. The van der Waals surface area contributed by atoms with Gasteiger partial charge in [0.15, 0.2) is 0 Å². The van der Waals surface area contributed by atoms with Gasteiger partial charge in [-0.15, -0.1) is 0 Å². The number of β-amino-alcohol motifs (C(OH)–C–C–N with tert-alkyl or cyclic N) is 2. The van der Waals surface area contributed by atoms with Crippen LogP contribution in [0.5, 0.6) is 0 Å². The molecule has 4 aromatic carbocycles. The second-order valence-electron chi connectivity index (χ2n) is 14.8. The first-order valence-corrected chi connectivity index (χ1v) is 17.8. The summed E-state index contributed by atoms with van der Waals surface area (Å²) in [7, 11) is 0. The van der Waals surface area contributed by atoms with Gasteiger partial charge in [0, 0.05) is 41.0 Å². The second-order valence-corrected chi connectivity index (χ2v) is 14.8. The zero-order chi connectivity index (χ0) is 33.7. The molecule has 4 nitrogen and oxygen atoms in total. The molecule has 4 aromatic rings. The van der Waals surface area contributed by atoms with Crippen molar-refractivity contribution in [2.45, 2.75) is 76.7 Å². The SMILES string of the molecule is CCC1(/C=C/C2=CC(=C/C=C3/N(CCO)c4ccc5ccccc5c4C3(C)C)/CCC2)N(CCO)c2ccc3ccccc3c2C1(C)C. The third-order valence-electron chi connectivity index (χ3n) is 11.7. The Kier molecular flexibility index (Phi) is 8.38. The zero-order valence-electron chi connectivity index (χ0n) is 29.3. The number of nitrogens with zero attached hydrogens (tertiary/aromatic N) is 2. The van der Waals surface area contributed by atoms with E-state index < -0.39 is 0 Å². The maximum Gasteiger partial charge on any atom is 0.0678 e. The number of aliphatic hydroxyl groups excluding tert-OH is 2. The van der Waals surface area contributed by atoms with E-state index in [9.17, 15) is 10.2 Å². The molecule has 1 aliphatic carbocycles. The van der Waals surface area contributed by atoms with Gasteiger partial charge in [0.1, 0.15) is 0 Å². The van der Waals surface area contributed by atoms with Crippen LogP contribution in [0.4, 0.5) is 11.4 Å². The van der Waals surface area contributed by atoms with Crippen LogP contribution < -0.4 is 9.80 Å². The first kappa shape index (κ1) is 32.4. The van der Waals surface area contributed by atoms with E-state index in [0.29, 0.717) is 13.1 Å². The van der Waals surface area contributed by atoms with E-state index in [1.807, 2.05) is 0 Å². The Labute approximate surface area is 286 Å². The average Bonchev–Trinajstić information content (AvgIpc) is 3.43. The highest BCUT2D eigenvalue weighted by atomic mass is 16.3. The molecule has 0 fully saturated rings. The molecular formula is C44H50N2O2. The Morgan fingerprint density at radius 1 is 0.729 bits per heavy atom. The fourth-order valence-electron chi connectivity index (χ4n) is 9.33. The predicted molar refractivity (Wildman–Crippen MR) is 203 cm³/mol. The molecule has 1 atom stereocenters. The largest absolute Gasteiger partial charge is 0.395 e. The summed E-state index contributed by atoms with van der Waals surface area (Å²) >= 11 is 0. The standard InChI is InChI=1S/C44H50N2O2/c1-6-44(43(4,5)41-36-17-10-8-15-34(36)20-22-38(41)46(44)27-29-48)25-24-32-13-11-12-31(30-32)18-23-39-42(2,3)40-35-16-9-7-14-33(35)19-21-37(40)45(39)26-28-47/h7-10,14-25,30,47-48H,6,11-13,26-29H2,1-5H3/b25-24+,31-18+,39-23+. The minimum atomic E-state index is -0.264. The van der Waals surface area contributed by atoms with E-state index in [1.165, 1.54) is 60.9 Å². The number of allylic oxidation sites excluding steroid dienone is 7. The summed E-state index contributed by atoms with van der Waals surface area (Å²) in [5.74, 6) is 0. The van der Waals surface area contributed by atoms with Crippen molar-refractivity contribution >= 4 is 32.9 Å². The summed E-state index contributed by atoms with van der Waals surface area (Å²) in [5, 5.41) is 25.4. The fourth-order valence-corrected chi connectivity index (χ4v) is 9.33. The van der Waals surface area contributed by atoms with Crippen LogP contribution in [0.1, 0.15) is 71.4 Å². The lowest BCUT2D eigenvalue weighted by Gasteiger charge is -2.46. The molecule has 3 aliphatic rings. The van der Waals surface area contributed by atoms with Crippen molar-refractivity contribution in [3.63, 3.8) is 0 Å². The summed E-state index contributed by atoms with van der Waals surface area (Å²) < 4.78 is 0. The van der Waals surface area contributed by atoms with Gasteiger partial charge in [0.05, 0.1) is 18.8 Å². The minimum absolute atomic E-state index is 0.105. The summed E-state index contributed by atoms with van der Waals surface area (Å²) in [6.07, 6.45) is 16.0. The first-order chi connectivity index (χ1) is 23.2. The van der Waals surface area contributed by atoms with Gasteiger partial charge in [0.2, 0.25) is 0 Å². The molecular weight excluding hydrogens is 588 g/mol. The summed E-state index contributed by atoms with van der Waals surface area (Å²) in [6.45, 7) is 13.1. The van der Waals surface area contributed by atoms with Crippen molar-refractivity contribution in [3.05, 3.63) is 131 Å². The molecule has 2 aliphatic heterocycles. The maximum atomic E-state index is 10.3. The number of rotatable bonds is 8. The lowest BCUT2D eigenvalue weighted by atomic mass is 9.67. The third kappa shape index (κ3) is 4.95. The van der Waals surface area contributed by atoms with Gasteiger partial charge in [0.25, 0.3) is 0 Å². The molecule has 0 aromatic heterocycles. The highest BCUT2D eigenvalue weighted by Crippen LogP contribution is 2.56. The fraction of sp³-hybridized carbons (Fsp3) is 0.364. The number of hydrogen-bond acceptors (Lipinski definition) is 4. The van der Waals surface area contributed by atoms with Crippen molar-refractivity contribution in [1.82, 2.24) is 0 Å². The lowest BCUT2D eigenvalue weighted by Crippen LogP contribution is -2.54. The van der Waals surface area contributed by atoms with E-state index in [-0.39, 0.29) is 29.6 Å². The number of hydrogen-bond donors (Lipinski definition) is 2. The number of aliphatic hydroxyl groups is 2. The van der Waals surface area contributed by atoms with Crippen LogP contribution in [0.25, 0.3) is 21.5 Å². The van der Waals surface area contributed by atoms with Gasteiger partial charge >= 0.3 is 0 Å². The van der Waals surface area contributed by atoms with Crippen LogP contribution in [0, 0.1) is 0 Å². The van der Waals surface area contributed by atoms with Gasteiger partial charge in [-0.3, -0.25) is 0 Å². The van der Waals surface area contributed by atoms with E-state index in [4.69, 9.17) is 0 Å². The van der Waals surface area contributed by atoms with E-state index in [2.05, 4.69) is 148 Å². The van der Waals surface area contributed by atoms with Crippen LogP contribution in [0.15, 0.2) is 120 Å². The predicted octanol–water partition coefficient (Wildman–Crippen LogP) is 9.50. The molecule has 1 unspecified atom stereocenters. The molecule has 0 saturated heterocycles. The molecule has 48 heavy (non-hydrogen) atoms. The van der Waals surface area contributed by atoms with Gasteiger partial charge in [-0.25, -0.2) is 0 Å². The molecule has 4 heteroatoms. The second kappa shape index (κ2) is 12.4. The third-order valence-corrected chi connectivity index (χ3v) is 11.7. The van der Waals surface area contributed by atoms with Crippen LogP contribution >= 0.6 is 0 Å². The monoisotopic (exact) mass is 638 g/mol. The van der Waals surface area contributed by atoms with Crippen molar-refractivity contribution < 1.29 is 10.2 Å². The normalized spacial score (nSPS) is 23.1. The topological polar surface area (TPSA) is 46.9 Å². The van der Waals surface area contributed by atoms with Crippen LogP contribution in [0.2, 0.25) is 0 Å². The van der Waals surface area contributed by atoms with Crippen molar-refractivity contribution in [3.8, 4) is 0 Å². The zero-order valence-corrected chi connectivity index (χ0v) is 29.3. The van der Waals surface area contributed by atoms with Crippen molar-refractivity contribution in [1.29, 1.82) is 0 Å². The van der Waals surface area contributed by atoms with Crippen LogP contribution in [0.3, 0.4) is 0 Å². The lowest BCUT2D eigenvalue weighted by molar-refractivity contribution is 0.265. The van der Waals surface area contributed by atoms with Crippen LogP contribution in [-0.4, -0.2) is 42.1 Å². The van der Waals surface area contributed by atoms with Gasteiger partial charge in [-0.05, 0) is 87.7 Å². The van der Waals surface area contributed by atoms with E-state index >= 15 is 0 Å². The summed E-state index contributed by atoms with van der Waals surface area (Å²) in [4.78, 5) is 4.78. The molecule has 7 rings (SSSR count). The van der Waals surface area contributed by atoms with Gasteiger partial charge in [-0.1, -0.05) is 120 Å². The Bertz CT molecular complexity index is 1990. The average molecular weight is 639 g/mol. The summed E-state index contributed by atoms with van der Waals surface area (Å²) in [5.41, 5.74) is 8.46. The van der Waals surface area contributed by atoms with E-state index in [1.54, 1.807) is 0 Å². The quantitative estimate of drug-likeness (QED) is 0.202. The Balaban J connectivity index is 1.25. The number of benzene rings is 4. The highest BCUT2D eigenvalue weighted by Gasteiger charge is 2.54. The molecule has 0 radical (unpaired) electrons. The van der Waals surface area contributed by atoms with Crippen molar-refractivity contribution in [2.75, 3.05) is 36.1 Å².